The van der Waals surface area contributed by atoms with Crippen molar-refractivity contribution in [3.63, 3.8) is 0 Å². The second-order valence-corrected chi connectivity index (χ2v) is 3.78. The third kappa shape index (κ3) is 14.8. The Hall–Kier alpha value is -1.19. The maximum atomic E-state index is 12.6. The zero-order valence-electron chi connectivity index (χ0n) is 12.6. The molecule has 1 aromatic rings. The minimum absolute atomic E-state index is 0.161. The summed E-state index contributed by atoms with van der Waals surface area (Å²) < 4.78 is 12.6. The lowest BCUT2D eigenvalue weighted by atomic mass is 10.2. The molecular weight excluding hydrogens is 241 g/mol. The molecular formula is C16H28FNO. The van der Waals surface area contributed by atoms with Gasteiger partial charge in [-0.3, -0.25) is 0 Å². The number of hydrogen-bond donors (Lipinski definition) is 2. The van der Waals surface area contributed by atoms with Crippen LogP contribution in [-0.2, 0) is 6.54 Å². The predicted molar refractivity (Wildman–Crippen MR) is 81.6 cm³/mol. The van der Waals surface area contributed by atoms with E-state index in [-0.39, 0.29) is 11.9 Å². The average molecular weight is 269 g/mol. The van der Waals surface area contributed by atoms with E-state index < -0.39 is 0 Å². The highest BCUT2D eigenvalue weighted by atomic mass is 19.1. The summed E-state index contributed by atoms with van der Waals surface area (Å²) in [5.74, 6) is -0.161. The van der Waals surface area contributed by atoms with Gasteiger partial charge in [-0.2, -0.15) is 0 Å². The summed E-state index contributed by atoms with van der Waals surface area (Å²) in [4.78, 5) is 0. The summed E-state index contributed by atoms with van der Waals surface area (Å²) in [5.41, 5.74) is 1.00. The van der Waals surface area contributed by atoms with Gasteiger partial charge < -0.3 is 10.4 Å². The van der Waals surface area contributed by atoms with E-state index in [1.54, 1.807) is 19.1 Å². The molecule has 110 valence electrons. The van der Waals surface area contributed by atoms with Gasteiger partial charge in [0.15, 0.2) is 0 Å². The van der Waals surface area contributed by atoms with Crippen molar-refractivity contribution in [2.45, 2.75) is 46.8 Å². The van der Waals surface area contributed by atoms with Crippen molar-refractivity contribution < 1.29 is 9.50 Å². The standard InChI is InChI=1S/C10H14FN.C4H8O.C2H6/c1-2-6-12-8-9-4-3-5-10(11)7-9;1-3-4(2)5;1-2/h3-5,7,12H,2,6,8H2,1H3;3-5H,1H2,2H3;1-2H3. The number of nitrogens with one attached hydrogen (secondary N) is 1. The van der Waals surface area contributed by atoms with Gasteiger partial charge in [-0.15, -0.1) is 6.58 Å². The van der Waals surface area contributed by atoms with E-state index in [4.69, 9.17) is 5.11 Å². The molecule has 0 fully saturated rings. The minimum atomic E-state index is -0.352. The molecule has 0 saturated carbocycles. The van der Waals surface area contributed by atoms with E-state index in [1.165, 1.54) is 12.1 Å². The second-order valence-electron chi connectivity index (χ2n) is 3.78. The molecule has 0 spiro atoms. The summed E-state index contributed by atoms with van der Waals surface area (Å²) in [6, 6.07) is 6.68. The van der Waals surface area contributed by atoms with Crippen molar-refractivity contribution in [2.75, 3.05) is 6.54 Å². The number of benzene rings is 1. The second kappa shape index (κ2) is 14.9. The lowest BCUT2D eigenvalue weighted by Crippen LogP contribution is -2.13. The smallest absolute Gasteiger partial charge is 0.123 e. The summed E-state index contributed by atoms with van der Waals surface area (Å²) in [6.07, 6.45) is 2.23. The molecule has 2 nitrogen and oxygen atoms in total. The Labute approximate surface area is 117 Å². The Morgan fingerprint density at radius 3 is 2.42 bits per heavy atom. The van der Waals surface area contributed by atoms with E-state index in [0.29, 0.717) is 0 Å². The fraction of sp³-hybridized carbons (Fsp3) is 0.500. The normalized spacial score (nSPS) is 10.4. The monoisotopic (exact) mass is 269 g/mol. The molecule has 1 aromatic carbocycles. The molecule has 19 heavy (non-hydrogen) atoms. The Kier molecular flexibility index (Phi) is 15.8. The maximum absolute atomic E-state index is 12.6. The highest BCUT2D eigenvalue weighted by Crippen LogP contribution is 2.02. The first-order chi connectivity index (χ1) is 9.10. The Morgan fingerprint density at radius 2 is 2.00 bits per heavy atom. The highest BCUT2D eigenvalue weighted by Gasteiger charge is 1.93. The van der Waals surface area contributed by atoms with Gasteiger partial charge in [-0.05, 0) is 37.6 Å². The van der Waals surface area contributed by atoms with E-state index in [9.17, 15) is 4.39 Å². The largest absolute Gasteiger partial charge is 0.389 e. The van der Waals surface area contributed by atoms with Gasteiger partial charge in [0.1, 0.15) is 5.82 Å². The molecule has 0 aliphatic rings. The molecule has 0 aliphatic heterocycles. The van der Waals surface area contributed by atoms with Crippen molar-refractivity contribution in [3.8, 4) is 0 Å². The topological polar surface area (TPSA) is 32.3 Å². The number of hydrogen-bond acceptors (Lipinski definition) is 2. The summed E-state index contributed by atoms with van der Waals surface area (Å²) in [5, 5.41) is 11.5. The lowest BCUT2D eigenvalue weighted by Gasteiger charge is -2.02. The molecule has 0 amide bonds. The SMILES string of the molecule is C=CC(C)O.CC.CCCNCc1cccc(F)c1. The van der Waals surface area contributed by atoms with Crippen molar-refractivity contribution in [2.24, 2.45) is 0 Å². The van der Waals surface area contributed by atoms with Crippen LogP contribution >= 0.6 is 0 Å². The zero-order chi connectivity index (χ0) is 15.1. The first kappa shape index (κ1) is 20.1. The van der Waals surface area contributed by atoms with Crippen molar-refractivity contribution in [1.29, 1.82) is 0 Å². The molecule has 0 bridgehead atoms. The van der Waals surface area contributed by atoms with Gasteiger partial charge in [0.25, 0.3) is 0 Å². The first-order valence-electron chi connectivity index (χ1n) is 6.86. The van der Waals surface area contributed by atoms with Crippen LogP contribution in [0, 0.1) is 5.82 Å². The minimum Gasteiger partial charge on any atom is -0.389 e. The molecule has 1 atom stereocenters. The van der Waals surface area contributed by atoms with Crippen LogP contribution < -0.4 is 5.32 Å². The molecule has 0 aromatic heterocycles. The molecule has 1 rings (SSSR count). The van der Waals surface area contributed by atoms with E-state index in [1.807, 2.05) is 19.9 Å². The number of aliphatic hydroxyl groups is 1. The lowest BCUT2D eigenvalue weighted by molar-refractivity contribution is 0.244. The van der Waals surface area contributed by atoms with Crippen LogP contribution in [0.2, 0.25) is 0 Å². The van der Waals surface area contributed by atoms with Gasteiger partial charge in [0, 0.05) is 6.54 Å². The third-order valence-electron chi connectivity index (χ3n) is 1.99. The van der Waals surface area contributed by atoms with Gasteiger partial charge in [-0.1, -0.05) is 39.0 Å². The van der Waals surface area contributed by atoms with E-state index in [2.05, 4.69) is 18.8 Å². The Morgan fingerprint density at radius 1 is 1.42 bits per heavy atom. The molecule has 1 unspecified atom stereocenters. The first-order valence-corrected chi connectivity index (χ1v) is 6.86. The fourth-order valence-corrected chi connectivity index (χ4v) is 1.06. The van der Waals surface area contributed by atoms with Crippen LogP contribution in [0.5, 0.6) is 0 Å². The van der Waals surface area contributed by atoms with E-state index >= 15 is 0 Å². The molecule has 0 heterocycles. The molecule has 0 saturated heterocycles. The predicted octanol–water partition coefficient (Wildman–Crippen LogP) is 3.90. The van der Waals surface area contributed by atoms with Crippen molar-refractivity contribution in [3.05, 3.63) is 48.3 Å². The maximum Gasteiger partial charge on any atom is 0.123 e. The fourth-order valence-electron chi connectivity index (χ4n) is 1.06. The highest BCUT2D eigenvalue weighted by molar-refractivity contribution is 5.15. The van der Waals surface area contributed by atoms with Crippen molar-refractivity contribution in [1.82, 2.24) is 5.32 Å². The van der Waals surface area contributed by atoms with Crippen LogP contribution in [0.15, 0.2) is 36.9 Å². The number of rotatable bonds is 5. The quantitative estimate of drug-likeness (QED) is 0.627. The third-order valence-corrected chi connectivity index (χ3v) is 1.99. The van der Waals surface area contributed by atoms with Gasteiger partial charge in [0.05, 0.1) is 6.10 Å². The molecule has 0 radical (unpaired) electrons. The van der Waals surface area contributed by atoms with Gasteiger partial charge in [0.2, 0.25) is 0 Å². The average Bonchev–Trinajstić information content (AvgIpc) is 2.42. The van der Waals surface area contributed by atoms with Crippen LogP contribution in [-0.4, -0.2) is 17.8 Å². The Balaban J connectivity index is 0. The van der Waals surface area contributed by atoms with Gasteiger partial charge >= 0.3 is 0 Å². The molecule has 2 N–H and O–H groups in total. The van der Waals surface area contributed by atoms with Gasteiger partial charge in [-0.25, -0.2) is 4.39 Å². The number of aliphatic hydroxyl groups excluding tert-OH is 1. The van der Waals surface area contributed by atoms with Crippen LogP contribution in [0.1, 0.15) is 39.7 Å². The molecule has 0 aliphatic carbocycles. The zero-order valence-corrected chi connectivity index (χ0v) is 12.6. The summed E-state index contributed by atoms with van der Waals surface area (Å²) in [6.45, 7) is 12.8. The van der Waals surface area contributed by atoms with Crippen LogP contribution in [0.25, 0.3) is 0 Å². The van der Waals surface area contributed by atoms with E-state index in [0.717, 1.165) is 25.1 Å². The summed E-state index contributed by atoms with van der Waals surface area (Å²) >= 11 is 0. The van der Waals surface area contributed by atoms with Crippen molar-refractivity contribution >= 4 is 0 Å². The number of halogens is 1. The molecule has 3 heteroatoms. The summed E-state index contributed by atoms with van der Waals surface area (Å²) in [7, 11) is 0. The van der Waals surface area contributed by atoms with Crippen LogP contribution in [0.4, 0.5) is 4.39 Å². The van der Waals surface area contributed by atoms with Crippen LogP contribution in [0.3, 0.4) is 0 Å². The Bertz CT molecular complexity index is 313.